The molecule has 0 bridgehead atoms. The number of amides is 3. The molecule has 0 spiro atoms. The van der Waals surface area contributed by atoms with Gasteiger partial charge in [0.1, 0.15) is 18.1 Å². The Morgan fingerprint density at radius 3 is 2.20 bits per heavy atom. The van der Waals surface area contributed by atoms with Crippen LogP contribution in [0.3, 0.4) is 0 Å². The van der Waals surface area contributed by atoms with Gasteiger partial charge in [0, 0.05) is 6.54 Å². The minimum absolute atomic E-state index is 0.293. The predicted molar refractivity (Wildman–Crippen MR) is 90.4 cm³/mol. The van der Waals surface area contributed by atoms with Gasteiger partial charge in [-0.05, 0) is 32.6 Å². The van der Waals surface area contributed by atoms with Crippen LogP contribution in [0.2, 0.25) is 0 Å². The fourth-order valence-electron chi connectivity index (χ4n) is 2.73. The van der Waals surface area contributed by atoms with E-state index >= 15 is 0 Å². The van der Waals surface area contributed by atoms with E-state index in [4.69, 9.17) is 10.8 Å². The second-order valence-corrected chi connectivity index (χ2v) is 6.78. The summed E-state index contributed by atoms with van der Waals surface area (Å²) in [4.78, 5) is 49.2. The molecule has 4 atom stereocenters. The summed E-state index contributed by atoms with van der Waals surface area (Å²) in [7, 11) is 0. The Kier molecular flexibility index (Phi) is 7.35. The molecule has 1 aliphatic heterocycles. The number of carboxylic acids is 1. The Bertz CT molecular complexity index is 535. The van der Waals surface area contributed by atoms with Crippen LogP contribution in [0.5, 0.6) is 0 Å². The van der Waals surface area contributed by atoms with Crippen molar-refractivity contribution in [3.63, 3.8) is 0 Å². The molecule has 9 heteroatoms. The third kappa shape index (κ3) is 5.42. The van der Waals surface area contributed by atoms with Gasteiger partial charge in [-0.1, -0.05) is 13.8 Å². The number of hydrogen-bond donors (Lipinski definition) is 4. The lowest BCUT2D eigenvalue weighted by Crippen LogP contribution is -2.56. The van der Waals surface area contributed by atoms with E-state index in [1.54, 1.807) is 20.8 Å². The number of carbonyl (C=O) groups is 4. The predicted octanol–water partition coefficient (Wildman–Crippen LogP) is -0.945. The number of carbonyl (C=O) groups excluding carboxylic acids is 3. The van der Waals surface area contributed by atoms with Crippen molar-refractivity contribution in [3.8, 4) is 0 Å². The molecule has 1 saturated heterocycles. The number of rotatable bonds is 7. The summed E-state index contributed by atoms with van der Waals surface area (Å²) in [6, 6.07) is -3.30. The SMILES string of the molecule is CC(C)[C@H](NC(=O)[C@H](C)NC(=O)[C@@H]1CCCN1C(=O)[C@H](C)N)C(=O)O. The Balaban J connectivity index is 2.67. The van der Waals surface area contributed by atoms with Crippen molar-refractivity contribution in [3.05, 3.63) is 0 Å². The van der Waals surface area contributed by atoms with Crippen LogP contribution in [0.15, 0.2) is 0 Å². The highest BCUT2D eigenvalue weighted by molar-refractivity contribution is 5.94. The van der Waals surface area contributed by atoms with Crippen molar-refractivity contribution >= 4 is 23.7 Å². The maximum absolute atomic E-state index is 12.4. The summed E-state index contributed by atoms with van der Waals surface area (Å²) in [6.45, 7) is 6.84. The van der Waals surface area contributed by atoms with Gasteiger partial charge in [0.25, 0.3) is 0 Å². The van der Waals surface area contributed by atoms with Crippen molar-refractivity contribution in [1.29, 1.82) is 0 Å². The first-order valence-electron chi connectivity index (χ1n) is 8.45. The van der Waals surface area contributed by atoms with E-state index in [1.165, 1.54) is 11.8 Å². The molecule has 0 unspecified atom stereocenters. The van der Waals surface area contributed by atoms with Crippen LogP contribution in [-0.4, -0.2) is 64.4 Å². The zero-order valence-electron chi connectivity index (χ0n) is 15.1. The van der Waals surface area contributed by atoms with Crippen LogP contribution in [0.25, 0.3) is 0 Å². The molecule has 1 rings (SSSR count). The number of hydrogen-bond acceptors (Lipinski definition) is 5. The quantitative estimate of drug-likeness (QED) is 0.463. The van der Waals surface area contributed by atoms with Gasteiger partial charge in [0.2, 0.25) is 17.7 Å². The third-order valence-electron chi connectivity index (χ3n) is 4.21. The Labute approximate surface area is 147 Å². The van der Waals surface area contributed by atoms with Gasteiger partial charge >= 0.3 is 5.97 Å². The zero-order chi connectivity index (χ0) is 19.3. The second kappa shape index (κ2) is 8.80. The molecular weight excluding hydrogens is 328 g/mol. The molecule has 5 N–H and O–H groups in total. The summed E-state index contributed by atoms with van der Waals surface area (Å²) in [5.74, 6) is -2.76. The van der Waals surface area contributed by atoms with Gasteiger partial charge < -0.3 is 26.4 Å². The van der Waals surface area contributed by atoms with E-state index in [2.05, 4.69) is 10.6 Å². The summed E-state index contributed by atoms with van der Waals surface area (Å²) in [6.07, 6.45) is 1.19. The molecule has 142 valence electrons. The first-order chi connectivity index (χ1) is 11.6. The first kappa shape index (κ1) is 20.9. The number of likely N-dealkylation sites (tertiary alicyclic amines) is 1. The smallest absolute Gasteiger partial charge is 0.326 e. The van der Waals surface area contributed by atoms with Crippen molar-refractivity contribution in [1.82, 2.24) is 15.5 Å². The van der Waals surface area contributed by atoms with E-state index in [9.17, 15) is 19.2 Å². The maximum atomic E-state index is 12.4. The number of nitrogens with two attached hydrogens (primary N) is 1. The molecule has 0 aromatic heterocycles. The Morgan fingerprint density at radius 2 is 1.72 bits per heavy atom. The van der Waals surface area contributed by atoms with Gasteiger partial charge in [-0.2, -0.15) is 0 Å². The van der Waals surface area contributed by atoms with Gasteiger partial charge in [0.15, 0.2) is 0 Å². The van der Waals surface area contributed by atoms with Crippen molar-refractivity contribution in [2.75, 3.05) is 6.54 Å². The van der Waals surface area contributed by atoms with E-state index in [1.807, 2.05) is 0 Å². The summed E-state index contributed by atoms with van der Waals surface area (Å²) in [5.41, 5.74) is 5.60. The summed E-state index contributed by atoms with van der Waals surface area (Å²) < 4.78 is 0. The van der Waals surface area contributed by atoms with Crippen LogP contribution in [0.1, 0.15) is 40.5 Å². The Hall–Kier alpha value is -2.16. The topological polar surface area (TPSA) is 142 Å². The average molecular weight is 356 g/mol. The number of aliphatic carboxylic acids is 1. The molecular formula is C16H28N4O5. The number of carboxylic acid groups (broad SMARTS) is 1. The van der Waals surface area contributed by atoms with Crippen LogP contribution >= 0.6 is 0 Å². The molecule has 0 aliphatic carbocycles. The molecule has 9 nitrogen and oxygen atoms in total. The summed E-state index contributed by atoms with van der Waals surface area (Å²) >= 11 is 0. The van der Waals surface area contributed by atoms with Gasteiger partial charge in [-0.3, -0.25) is 14.4 Å². The molecule has 1 aliphatic rings. The van der Waals surface area contributed by atoms with Crippen LogP contribution in [-0.2, 0) is 19.2 Å². The van der Waals surface area contributed by atoms with E-state index in [-0.39, 0.29) is 11.8 Å². The minimum Gasteiger partial charge on any atom is -0.480 e. The van der Waals surface area contributed by atoms with E-state index in [0.29, 0.717) is 19.4 Å². The number of nitrogens with zero attached hydrogens (tertiary/aromatic N) is 1. The first-order valence-corrected chi connectivity index (χ1v) is 8.45. The van der Waals surface area contributed by atoms with Crippen LogP contribution in [0, 0.1) is 5.92 Å². The fourth-order valence-corrected chi connectivity index (χ4v) is 2.73. The second-order valence-electron chi connectivity index (χ2n) is 6.78. The fraction of sp³-hybridized carbons (Fsp3) is 0.750. The van der Waals surface area contributed by atoms with Gasteiger partial charge in [0.05, 0.1) is 6.04 Å². The van der Waals surface area contributed by atoms with Crippen molar-refractivity contribution in [2.45, 2.75) is 64.7 Å². The molecule has 3 amide bonds. The third-order valence-corrected chi connectivity index (χ3v) is 4.21. The Morgan fingerprint density at radius 1 is 1.12 bits per heavy atom. The maximum Gasteiger partial charge on any atom is 0.326 e. The molecule has 0 aromatic rings. The molecule has 0 aromatic carbocycles. The van der Waals surface area contributed by atoms with E-state index < -0.39 is 42.0 Å². The summed E-state index contributed by atoms with van der Waals surface area (Å²) in [5, 5.41) is 14.1. The molecule has 0 radical (unpaired) electrons. The zero-order valence-corrected chi connectivity index (χ0v) is 15.1. The van der Waals surface area contributed by atoms with Gasteiger partial charge in [-0.25, -0.2) is 4.79 Å². The minimum atomic E-state index is -1.13. The number of nitrogens with one attached hydrogen (secondary N) is 2. The van der Waals surface area contributed by atoms with Gasteiger partial charge in [-0.15, -0.1) is 0 Å². The standard InChI is InChI=1S/C16H28N4O5/c1-8(2)12(16(24)25)19-13(21)10(4)18-14(22)11-6-5-7-20(11)15(23)9(3)17/h8-12H,5-7,17H2,1-4H3,(H,18,22)(H,19,21)(H,24,25)/t9-,10-,11-,12-/m0/s1. The van der Waals surface area contributed by atoms with E-state index in [0.717, 1.165) is 0 Å². The normalized spacial score (nSPS) is 20.7. The largest absolute Gasteiger partial charge is 0.480 e. The lowest BCUT2D eigenvalue weighted by molar-refractivity contribution is -0.144. The van der Waals surface area contributed by atoms with Crippen molar-refractivity contribution in [2.24, 2.45) is 11.7 Å². The van der Waals surface area contributed by atoms with Crippen LogP contribution in [0.4, 0.5) is 0 Å². The highest BCUT2D eigenvalue weighted by Gasteiger charge is 2.36. The lowest BCUT2D eigenvalue weighted by atomic mass is 10.0. The average Bonchev–Trinajstić information content (AvgIpc) is 2.99. The molecule has 0 saturated carbocycles. The highest BCUT2D eigenvalue weighted by Crippen LogP contribution is 2.18. The lowest BCUT2D eigenvalue weighted by Gasteiger charge is -2.27. The molecule has 25 heavy (non-hydrogen) atoms. The molecule has 1 heterocycles. The monoisotopic (exact) mass is 356 g/mol. The molecule has 1 fully saturated rings. The van der Waals surface area contributed by atoms with Crippen LogP contribution < -0.4 is 16.4 Å². The highest BCUT2D eigenvalue weighted by atomic mass is 16.4. The van der Waals surface area contributed by atoms with Crippen molar-refractivity contribution < 1.29 is 24.3 Å².